The standard InChI is InChI=1S/C37H39F5N8O3/c1-5-9-21-14-25(43)31(39)29(30(21)37(40,41)42)28-15-26-24(19-52-28)33(45-35(44-26)53-20-36-10-7-12-49(36)17-22(38)16-36)48-11-8-13-50-27(18-48)23(6-2)32(46-50)34(51)47(3)4/h2,14,22,28H,7-8,10-13,15-20,43H2,1,3-4H3/t22-,28-,36+/m1/s1. The van der Waals surface area contributed by atoms with Gasteiger partial charge in [-0.2, -0.15) is 28.2 Å². The Morgan fingerprint density at radius 1 is 1.23 bits per heavy atom. The molecule has 3 aromatic rings. The second-order valence-electron chi connectivity index (χ2n) is 14.1. The number of nitrogens with zero attached hydrogens (tertiary/aromatic N) is 7. The van der Waals surface area contributed by atoms with E-state index in [1.807, 2.05) is 4.90 Å². The van der Waals surface area contributed by atoms with Gasteiger partial charge in [0.25, 0.3) is 5.91 Å². The van der Waals surface area contributed by atoms with Gasteiger partial charge in [-0.05, 0) is 38.8 Å². The van der Waals surface area contributed by atoms with Crippen molar-refractivity contribution in [3.63, 3.8) is 0 Å². The molecular weight excluding hydrogens is 699 g/mol. The number of terminal acetylenes is 1. The molecule has 0 unspecified atom stereocenters. The molecule has 1 aromatic carbocycles. The number of hydrogen-bond donors (Lipinski definition) is 1. The summed E-state index contributed by atoms with van der Waals surface area (Å²) >= 11 is 0. The smallest absolute Gasteiger partial charge is 0.418 e. The van der Waals surface area contributed by atoms with Gasteiger partial charge in [0.1, 0.15) is 18.6 Å². The fourth-order valence-electron chi connectivity index (χ4n) is 8.14. The lowest BCUT2D eigenvalue weighted by atomic mass is 9.91. The zero-order chi connectivity index (χ0) is 37.8. The molecule has 0 saturated carbocycles. The maximum absolute atomic E-state index is 15.7. The number of carbonyl (C=O) groups excluding carboxylic acids is 1. The van der Waals surface area contributed by atoms with E-state index in [-0.39, 0.29) is 43.8 Å². The minimum atomic E-state index is -4.98. The molecule has 0 radical (unpaired) electrons. The number of nitrogen functional groups attached to an aromatic ring is 1. The Morgan fingerprint density at radius 2 is 2.02 bits per heavy atom. The molecule has 53 heavy (non-hydrogen) atoms. The summed E-state index contributed by atoms with van der Waals surface area (Å²) in [6, 6.07) is 0.826. The highest BCUT2D eigenvalue weighted by atomic mass is 19.4. The maximum atomic E-state index is 15.7. The normalized spacial score (nSPS) is 22.6. The number of nitrogens with two attached hydrogens (primary N) is 1. The lowest BCUT2D eigenvalue weighted by Gasteiger charge is -2.33. The number of rotatable bonds is 6. The number of ether oxygens (including phenoxy) is 2. The third-order valence-corrected chi connectivity index (χ3v) is 10.5. The molecule has 16 heteroatoms. The summed E-state index contributed by atoms with van der Waals surface area (Å²) in [4.78, 5) is 27.9. The molecule has 2 fully saturated rings. The van der Waals surface area contributed by atoms with Crippen molar-refractivity contribution in [2.75, 3.05) is 51.0 Å². The number of fused-ring (bicyclic) bond motifs is 3. The van der Waals surface area contributed by atoms with Crippen LogP contribution in [0, 0.1) is 30.0 Å². The van der Waals surface area contributed by atoms with Crippen LogP contribution >= 0.6 is 0 Å². The van der Waals surface area contributed by atoms with Gasteiger partial charge in [-0.3, -0.25) is 14.4 Å². The van der Waals surface area contributed by atoms with E-state index < -0.39 is 52.2 Å². The van der Waals surface area contributed by atoms with Gasteiger partial charge in [0, 0.05) is 63.3 Å². The second-order valence-corrected chi connectivity index (χ2v) is 14.1. The van der Waals surface area contributed by atoms with Crippen molar-refractivity contribution < 1.29 is 36.2 Å². The number of anilines is 2. The van der Waals surface area contributed by atoms with Gasteiger partial charge < -0.3 is 25.0 Å². The van der Waals surface area contributed by atoms with Crippen molar-refractivity contribution in [1.82, 2.24) is 29.5 Å². The molecule has 2 aromatic heterocycles. The van der Waals surface area contributed by atoms with Gasteiger partial charge in [-0.25, -0.2) is 8.78 Å². The van der Waals surface area contributed by atoms with Crippen molar-refractivity contribution in [3.8, 4) is 30.2 Å². The van der Waals surface area contributed by atoms with Crippen molar-refractivity contribution in [2.24, 2.45) is 0 Å². The predicted octanol–water partition coefficient (Wildman–Crippen LogP) is 4.65. The highest BCUT2D eigenvalue weighted by Crippen LogP contribution is 2.45. The number of alkyl halides is 4. The van der Waals surface area contributed by atoms with Crippen LogP contribution in [0.3, 0.4) is 0 Å². The molecule has 4 aliphatic rings. The number of aryl methyl sites for hydroxylation is 1. The molecule has 0 aliphatic carbocycles. The minimum absolute atomic E-state index is 0.0528. The first-order valence-corrected chi connectivity index (χ1v) is 17.4. The lowest BCUT2D eigenvalue weighted by Crippen LogP contribution is -2.43. The first-order valence-electron chi connectivity index (χ1n) is 17.4. The van der Waals surface area contributed by atoms with Gasteiger partial charge in [-0.1, -0.05) is 11.8 Å². The molecule has 7 rings (SSSR count). The molecule has 1 amide bonds. The number of amides is 1. The SMILES string of the molecule is C#Cc1c(C(=O)N(C)C)nn2c1CN(c1nc(OC[C@@]34CCCN3C[C@H](F)C4)nc3c1CO[C@@H](c1c(F)c(N)cc(C#CC)c1C(F)(F)F)C3)CCC2. The Hall–Kier alpha value is -4.93. The van der Waals surface area contributed by atoms with E-state index in [0.29, 0.717) is 60.8 Å². The topological polar surface area (TPSA) is 115 Å². The van der Waals surface area contributed by atoms with E-state index in [9.17, 15) is 22.4 Å². The molecule has 6 heterocycles. The summed E-state index contributed by atoms with van der Waals surface area (Å²) in [5.74, 6) is 6.29. The monoisotopic (exact) mass is 738 g/mol. The maximum Gasteiger partial charge on any atom is 0.418 e. The molecule has 280 valence electrons. The Balaban J connectivity index is 1.31. The number of carbonyl (C=O) groups is 1. The van der Waals surface area contributed by atoms with Crippen LogP contribution in [0.25, 0.3) is 0 Å². The van der Waals surface area contributed by atoms with E-state index in [1.165, 1.54) is 11.8 Å². The molecule has 2 saturated heterocycles. The first kappa shape index (κ1) is 36.4. The van der Waals surface area contributed by atoms with Crippen LogP contribution in [0.5, 0.6) is 6.01 Å². The molecule has 2 N–H and O–H groups in total. The van der Waals surface area contributed by atoms with E-state index in [1.54, 1.807) is 18.8 Å². The molecular formula is C37H39F5N8O3. The molecule has 11 nitrogen and oxygen atoms in total. The summed E-state index contributed by atoms with van der Waals surface area (Å²) in [5, 5.41) is 4.54. The van der Waals surface area contributed by atoms with Crippen LogP contribution in [0.2, 0.25) is 0 Å². The average Bonchev–Trinajstić information content (AvgIpc) is 3.70. The van der Waals surface area contributed by atoms with E-state index in [4.69, 9.17) is 26.6 Å². The quantitative estimate of drug-likeness (QED) is 0.220. The van der Waals surface area contributed by atoms with Crippen molar-refractivity contribution in [1.29, 1.82) is 0 Å². The van der Waals surface area contributed by atoms with Crippen LogP contribution in [0.4, 0.5) is 33.5 Å². The fraction of sp³-hybridized carbons (Fsp3) is 0.514. The van der Waals surface area contributed by atoms with Crippen LogP contribution in [0.1, 0.15) is 88.4 Å². The fourth-order valence-corrected chi connectivity index (χ4v) is 8.14. The zero-order valence-electron chi connectivity index (χ0n) is 29.6. The first-order chi connectivity index (χ1) is 25.2. The van der Waals surface area contributed by atoms with Gasteiger partial charge in [0.05, 0.1) is 53.0 Å². The van der Waals surface area contributed by atoms with Crippen LogP contribution in [0.15, 0.2) is 6.07 Å². The van der Waals surface area contributed by atoms with Crippen molar-refractivity contribution in [3.05, 3.63) is 56.8 Å². The van der Waals surface area contributed by atoms with Gasteiger partial charge in [0.2, 0.25) is 0 Å². The van der Waals surface area contributed by atoms with Gasteiger partial charge >= 0.3 is 12.2 Å². The number of benzene rings is 1. The third kappa shape index (κ3) is 6.52. The summed E-state index contributed by atoms with van der Waals surface area (Å²) in [7, 11) is 3.22. The summed E-state index contributed by atoms with van der Waals surface area (Å²) in [5.41, 5.74) is 4.27. The van der Waals surface area contributed by atoms with Crippen molar-refractivity contribution in [2.45, 2.75) is 82.7 Å². The van der Waals surface area contributed by atoms with Gasteiger partial charge in [-0.15, -0.1) is 12.3 Å². The molecule has 4 aliphatic heterocycles. The van der Waals surface area contributed by atoms with Crippen LogP contribution in [-0.2, 0) is 37.0 Å². The number of hydrogen-bond acceptors (Lipinski definition) is 9. The number of halogens is 5. The van der Waals surface area contributed by atoms with Crippen LogP contribution < -0.4 is 15.4 Å². The molecule has 0 spiro atoms. The summed E-state index contributed by atoms with van der Waals surface area (Å²) < 4.78 is 88.2. The zero-order valence-corrected chi connectivity index (χ0v) is 29.6. The lowest BCUT2D eigenvalue weighted by molar-refractivity contribution is -0.140. The highest BCUT2D eigenvalue weighted by molar-refractivity contribution is 5.94. The van der Waals surface area contributed by atoms with Crippen LogP contribution in [-0.4, -0.2) is 87.5 Å². The Labute approximate surface area is 303 Å². The van der Waals surface area contributed by atoms with E-state index >= 15 is 4.39 Å². The highest BCUT2D eigenvalue weighted by Gasteiger charge is 2.49. The summed E-state index contributed by atoms with van der Waals surface area (Å²) in [6.07, 6.45) is 0.762. The Kier molecular flexibility index (Phi) is 9.49. The molecule has 3 atom stereocenters. The van der Waals surface area contributed by atoms with Gasteiger partial charge in [0.15, 0.2) is 11.5 Å². The Bertz CT molecular complexity index is 2070. The number of aromatic nitrogens is 4. The largest absolute Gasteiger partial charge is 0.461 e. The Morgan fingerprint density at radius 3 is 2.74 bits per heavy atom. The minimum Gasteiger partial charge on any atom is -0.461 e. The summed E-state index contributed by atoms with van der Waals surface area (Å²) in [6.45, 7) is 3.37. The third-order valence-electron chi connectivity index (χ3n) is 10.5. The van der Waals surface area contributed by atoms with E-state index in [0.717, 1.165) is 25.5 Å². The average molecular weight is 739 g/mol. The predicted molar refractivity (Wildman–Crippen MR) is 184 cm³/mol. The van der Waals surface area contributed by atoms with Crippen molar-refractivity contribution >= 4 is 17.4 Å². The van der Waals surface area contributed by atoms with E-state index in [2.05, 4.69) is 32.7 Å². The second kappa shape index (κ2) is 13.8. The molecule has 0 bridgehead atoms.